The number of rotatable bonds is 10. The van der Waals surface area contributed by atoms with Crippen molar-refractivity contribution in [3.05, 3.63) is 40.1 Å². The fraction of sp³-hybridized carbons (Fsp3) is 0.522. The first-order chi connectivity index (χ1) is 15.8. The van der Waals surface area contributed by atoms with Crippen LogP contribution in [0.15, 0.2) is 23.0 Å². The van der Waals surface area contributed by atoms with Crippen LogP contribution in [0.2, 0.25) is 0 Å². The van der Waals surface area contributed by atoms with Gasteiger partial charge in [0.05, 0.1) is 31.0 Å². The number of aromatic amines is 1. The molecule has 180 valence electrons. The third-order valence-electron chi connectivity index (χ3n) is 6.36. The summed E-state index contributed by atoms with van der Waals surface area (Å²) >= 11 is -2.13. The van der Waals surface area contributed by atoms with Crippen LogP contribution in [0.4, 0.5) is 5.69 Å². The summed E-state index contributed by atoms with van der Waals surface area (Å²) in [6.45, 7) is 12.9. The number of nitrogens with zero attached hydrogens (tertiary/aromatic N) is 4. The second kappa shape index (κ2) is 10.1. The van der Waals surface area contributed by atoms with Crippen molar-refractivity contribution in [2.75, 3.05) is 19.7 Å². The van der Waals surface area contributed by atoms with Crippen LogP contribution in [0.3, 0.4) is 0 Å². The Morgan fingerprint density at radius 1 is 1.18 bits per heavy atom. The number of fused-ring (bicyclic) bond motifs is 1. The normalized spacial score (nSPS) is 13.1. The number of aryl methyl sites for hydroxylation is 1. The van der Waals surface area contributed by atoms with Crippen molar-refractivity contribution < 1.29 is 13.5 Å². The van der Waals surface area contributed by atoms with Gasteiger partial charge < -0.3 is 9.72 Å². The molecule has 0 aliphatic rings. The van der Waals surface area contributed by atoms with Crippen LogP contribution in [0, 0.1) is 6.92 Å². The zero-order valence-corrected chi connectivity index (χ0v) is 21.0. The molecule has 0 spiro atoms. The zero-order valence-electron chi connectivity index (χ0n) is 20.2. The summed E-state index contributed by atoms with van der Waals surface area (Å²) in [5.41, 5.74) is 1.99. The fourth-order valence-corrected chi connectivity index (χ4v) is 5.11. The number of hydrogen-bond donors (Lipinski definition) is 2. The van der Waals surface area contributed by atoms with Gasteiger partial charge in [-0.15, -0.1) is 5.10 Å². The maximum Gasteiger partial charge on any atom is 0.363 e. The predicted octanol–water partition coefficient (Wildman–Crippen LogP) is 4.18. The summed E-state index contributed by atoms with van der Waals surface area (Å²) in [5, 5.41) is 4.78. The topological polar surface area (TPSA) is 110 Å². The lowest BCUT2D eigenvalue weighted by molar-refractivity contribution is 0.341. The van der Waals surface area contributed by atoms with E-state index < -0.39 is 11.3 Å². The van der Waals surface area contributed by atoms with Crippen LogP contribution in [0.1, 0.15) is 64.9 Å². The number of ether oxygens (including phenoxy) is 1. The van der Waals surface area contributed by atoms with Gasteiger partial charge in [0, 0.05) is 18.1 Å². The molecule has 0 radical (unpaired) electrons. The van der Waals surface area contributed by atoms with Gasteiger partial charge in [-0.3, -0.25) is 9.35 Å². The first-order valence-electron chi connectivity index (χ1n) is 11.5. The molecule has 1 unspecified atom stereocenters. The van der Waals surface area contributed by atoms with Gasteiger partial charge in [0.2, 0.25) is 0 Å². The number of imidazole rings is 1. The van der Waals surface area contributed by atoms with Crippen LogP contribution in [-0.2, 0) is 11.3 Å². The molecule has 3 rings (SSSR count). The third kappa shape index (κ3) is 4.34. The highest BCUT2D eigenvalue weighted by Gasteiger charge is 2.35. The Balaban J connectivity index is 2.33. The van der Waals surface area contributed by atoms with Gasteiger partial charge in [-0.2, -0.15) is 8.10 Å². The quantitative estimate of drug-likeness (QED) is 0.336. The van der Waals surface area contributed by atoms with E-state index >= 15 is 0 Å². The molecule has 0 saturated heterocycles. The van der Waals surface area contributed by atoms with Crippen molar-refractivity contribution in [2.24, 2.45) is 0 Å². The largest absolute Gasteiger partial charge is 0.493 e. The number of nitrogens with one attached hydrogen (secondary N) is 1. The monoisotopic (exact) mass is 476 g/mol. The van der Waals surface area contributed by atoms with Gasteiger partial charge in [-0.1, -0.05) is 13.8 Å². The Kier molecular flexibility index (Phi) is 7.71. The number of H-pyrrole nitrogens is 1. The Morgan fingerprint density at radius 2 is 1.85 bits per heavy atom. The molecular weight excluding hydrogens is 442 g/mol. The molecule has 0 aliphatic carbocycles. The van der Waals surface area contributed by atoms with E-state index in [1.54, 1.807) is 22.7 Å². The second-order valence-corrected chi connectivity index (χ2v) is 9.16. The lowest BCUT2D eigenvalue weighted by Crippen LogP contribution is -2.50. The van der Waals surface area contributed by atoms with Crippen LogP contribution in [-0.4, -0.2) is 48.0 Å². The standard InChI is InChI=1S/C23H33N5O4S/c1-7-16(8-2)22-24-15(6)20-23(29)25-21(26-27(20)22)18-14-17(12-13-19(18)32-11-5)28(9-3,10-4)33(30)31/h12-14,16H,7-11H2,1-6H3,(H-,25,26,29,30,31)/p+1. The number of quaternary nitrogens is 1. The maximum absolute atomic E-state index is 13.1. The smallest absolute Gasteiger partial charge is 0.363 e. The number of aromatic nitrogens is 4. The maximum atomic E-state index is 13.1. The van der Waals surface area contributed by atoms with Crippen molar-refractivity contribution in [3.63, 3.8) is 0 Å². The SMILES string of the molecule is CCOc1ccc([N+](CC)(CC)S(=O)O)cc1-c1nn2c(C(CC)CC)nc(C)c2c(=O)[nH]1. The van der Waals surface area contributed by atoms with E-state index in [0.29, 0.717) is 53.7 Å². The predicted molar refractivity (Wildman–Crippen MR) is 132 cm³/mol. The lowest BCUT2D eigenvalue weighted by Gasteiger charge is -2.30. The Hall–Kier alpha value is -2.56. The summed E-state index contributed by atoms with van der Waals surface area (Å²) in [5.74, 6) is 1.81. The van der Waals surface area contributed by atoms with Gasteiger partial charge in [0.25, 0.3) is 5.56 Å². The molecule has 33 heavy (non-hydrogen) atoms. The van der Waals surface area contributed by atoms with Crippen molar-refractivity contribution in [3.8, 4) is 17.1 Å². The summed E-state index contributed by atoms with van der Waals surface area (Å²) in [6.07, 6.45) is 1.77. The highest BCUT2D eigenvalue weighted by molar-refractivity contribution is 7.78. The van der Waals surface area contributed by atoms with Crippen molar-refractivity contribution >= 4 is 22.5 Å². The second-order valence-electron chi connectivity index (χ2n) is 8.00. The molecule has 1 atom stereocenters. The van der Waals surface area contributed by atoms with Crippen molar-refractivity contribution in [1.29, 1.82) is 0 Å². The van der Waals surface area contributed by atoms with E-state index in [4.69, 9.17) is 9.84 Å². The van der Waals surface area contributed by atoms with Crippen LogP contribution >= 0.6 is 0 Å². The number of hydrogen-bond acceptors (Lipinski definition) is 5. The molecule has 0 bridgehead atoms. The average Bonchev–Trinajstić information content (AvgIpc) is 3.13. The Bertz CT molecular complexity index is 1210. The summed E-state index contributed by atoms with van der Waals surface area (Å²) < 4.78 is 29.8. The van der Waals surface area contributed by atoms with Gasteiger partial charge >= 0.3 is 11.3 Å². The van der Waals surface area contributed by atoms with Gasteiger partial charge in [-0.25, -0.2) is 9.50 Å². The molecule has 3 aromatic rings. The van der Waals surface area contributed by atoms with E-state index in [1.807, 2.05) is 27.7 Å². The van der Waals surface area contributed by atoms with Crippen molar-refractivity contribution in [1.82, 2.24) is 23.5 Å². The number of benzene rings is 1. The minimum Gasteiger partial charge on any atom is -0.493 e. The van der Waals surface area contributed by atoms with Gasteiger partial charge in [0.1, 0.15) is 17.3 Å². The summed E-state index contributed by atoms with van der Waals surface area (Å²) in [7, 11) is 0. The molecule has 9 nitrogen and oxygen atoms in total. The highest BCUT2D eigenvalue weighted by atomic mass is 32.2. The summed E-state index contributed by atoms with van der Waals surface area (Å²) in [4.78, 5) is 20.6. The molecule has 0 saturated carbocycles. The minimum atomic E-state index is -2.13. The molecule has 2 N–H and O–H groups in total. The fourth-order valence-electron chi connectivity index (χ4n) is 4.37. The van der Waals surface area contributed by atoms with E-state index in [9.17, 15) is 13.6 Å². The van der Waals surface area contributed by atoms with Crippen LogP contribution in [0.25, 0.3) is 16.9 Å². The first-order valence-corrected chi connectivity index (χ1v) is 12.6. The molecule has 0 amide bonds. The summed E-state index contributed by atoms with van der Waals surface area (Å²) in [6, 6.07) is 5.35. The molecule has 2 heterocycles. The highest BCUT2D eigenvalue weighted by Crippen LogP contribution is 2.35. The van der Waals surface area contributed by atoms with Crippen molar-refractivity contribution in [2.45, 2.75) is 60.3 Å². The zero-order chi connectivity index (χ0) is 24.3. The molecule has 0 aliphatic heterocycles. The third-order valence-corrected chi connectivity index (χ3v) is 7.69. The van der Waals surface area contributed by atoms with E-state index in [1.165, 1.54) is 0 Å². The molecule has 10 heteroatoms. The molecule has 2 aromatic heterocycles. The Labute approximate surface area is 196 Å². The Morgan fingerprint density at radius 3 is 2.39 bits per heavy atom. The first kappa shape index (κ1) is 25.1. The van der Waals surface area contributed by atoms with Gasteiger partial charge in [0.15, 0.2) is 11.3 Å². The van der Waals surface area contributed by atoms with Crippen LogP contribution in [0.5, 0.6) is 5.75 Å². The van der Waals surface area contributed by atoms with E-state index in [0.717, 1.165) is 18.7 Å². The minimum absolute atomic E-state index is 0.130. The molecule has 1 aromatic carbocycles. The average molecular weight is 477 g/mol. The van der Waals surface area contributed by atoms with Gasteiger partial charge in [-0.05, 0) is 46.6 Å². The molecule has 0 fully saturated rings. The van der Waals surface area contributed by atoms with E-state index in [-0.39, 0.29) is 15.4 Å². The van der Waals surface area contributed by atoms with Crippen LogP contribution < -0.4 is 14.2 Å². The lowest BCUT2D eigenvalue weighted by atomic mass is 10.0. The molecular formula is C23H34N5O4S+. The van der Waals surface area contributed by atoms with E-state index in [2.05, 4.69) is 23.8 Å².